The van der Waals surface area contributed by atoms with Gasteiger partial charge in [-0.05, 0) is 86.6 Å². The van der Waals surface area contributed by atoms with E-state index < -0.39 is 0 Å². The molecule has 2 aromatic carbocycles. The summed E-state index contributed by atoms with van der Waals surface area (Å²) in [6.45, 7) is 0.513. The molecule has 0 atom stereocenters. The molecule has 0 spiro atoms. The minimum absolute atomic E-state index is 0.101. The molecule has 1 saturated carbocycles. The fourth-order valence-corrected chi connectivity index (χ4v) is 5.88. The monoisotopic (exact) mass is 556 g/mol. The Labute approximate surface area is 232 Å². The van der Waals surface area contributed by atoms with Crippen LogP contribution in [0.2, 0.25) is 0 Å². The molecule has 1 saturated heterocycles. The van der Waals surface area contributed by atoms with Gasteiger partial charge in [0.2, 0.25) is 5.91 Å². The van der Waals surface area contributed by atoms with Crippen LogP contribution in [0.5, 0.6) is 11.5 Å². The molecule has 2 fully saturated rings. The van der Waals surface area contributed by atoms with Gasteiger partial charge in [-0.25, -0.2) is 4.39 Å². The quantitative estimate of drug-likeness (QED) is 0.184. The summed E-state index contributed by atoms with van der Waals surface area (Å²) in [4.78, 5) is 27.3. The first kappa shape index (κ1) is 28.1. The maximum Gasteiger partial charge on any atom is 0.266 e. The van der Waals surface area contributed by atoms with Gasteiger partial charge in [0.1, 0.15) is 10.1 Å². The number of anilines is 1. The largest absolute Gasteiger partial charge is 0.493 e. The van der Waals surface area contributed by atoms with Crippen LogP contribution in [-0.2, 0) is 9.59 Å². The number of nitrogens with zero attached hydrogens (tertiary/aromatic N) is 1. The van der Waals surface area contributed by atoms with Gasteiger partial charge in [0.25, 0.3) is 5.91 Å². The van der Waals surface area contributed by atoms with Crippen LogP contribution >= 0.6 is 24.0 Å². The lowest BCUT2D eigenvalue weighted by atomic mass is 9.98. The van der Waals surface area contributed by atoms with E-state index in [2.05, 4.69) is 5.32 Å². The predicted molar refractivity (Wildman–Crippen MR) is 154 cm³/mol. The molecule has 1 aliphatic heterocycles. The summed E-state index contributed by atoms with van der Waals surface area (Å²) in [6.07, 6.45) is 10.4. The van der Waals surface area contributed by atoms with E-state index in [4.69, 9.17) is 21.7 Å². The number of thiocarbonyl (C=S) groups is 1. The minimum atomic E-state index is -0.342. The van der Waals surface area contributed by atoms with Gasteiger partial charge < -0.3 is 14.8 Å². The molecule has 1 heterocycles. The van der Waals surface area contributed by atoms with Crippen LogP contribution in [-0.4, -0.2) is 40.8 Å². The highest BCUT2D eigenvalue weighted by atomic mass is 32.2. The molecule has 0 radical (unpaired) electrons. The third-order valence-electron chi connectivity index (χ3n) is 6.62. The van der Waals surface area contributed by atoms with Gasteiger partial charge in [0, 0.05) is 18.7 Å². The van der Waals surface area contributed by atoms with Gasteiger partial charge >= 0.3 is 0 Å². The Balaban J connectivity index is 1.25. The number of benzene rings is 2. The number of carbonyl (C=O) groups excluding carboxylic acids is 2. The molecule has 6 nitrogen and oxygen atoms in total. The Morgan fingerprint density at radius 3 is 2.61 bits per heavy atom. The van der Waals surface area contributed by atoms with E-state index in [1.54, 1.807) is 12.0 Å². The lowest BCUT2D eigenvalue weighted by molar-refractivity contribution is -0.122. The summed E-state index contributed by atoms with van der Waals surface area (Å²) in [6, 6.07) is 11.4. The fraction of sp³-hybridized carbons (Fsp3) is 0.414. The average Bonchev–Trinajstić information content (AvgIpc) is 3.18. The van der Waals surface area contributed by atoms with Crippen molar-refractivity contribution in [2.24, 2.45) is 0 Å². The molecule has 9 heteroatoms. The number of methoxy groups -OCH3 is 1. The lowest BCUT2D eigenvalue weighted by Crippen LogP contribution is -2.29. The van der Waals surface area contributed by atoms with Crippen LogP contribution in [0.1, 0.15) is 63.4 Å². The van der Waals surface area contributed by atoms with Crippen LogP contribution in [0.4, 0.5) is 10.1 Å². The number of nitrogens with one attached hydrogen (secondary N) is 1. The molecule has 38 heavy (non-hydrogen) atoms. The van der Waals surface area contributed by atoms with Crippen LogP contribution in [0.25, 0.3) is 6.08 Å². The minimum Gasteiger partial charge on any atom is -0.493 e. The maximum absolute atomic E-state index is 13.0. The highest BCUT2D eigenvalue weighted by Gasteiger charge is 2.31. The summed E-state index contributed by atoms with van der Waals surface area (Å²) in [5.41, 5.74) is 1.43. The second kappa shape index (κ2) is 13.8. The number of thioether (sulfide) groups is 1. The third-order valence-corrected chi connectivity index (χ3v) is 8.00. The first-order chi connectivity index (χ1) is 18.4. The van der Waals surface area contributed by atoms with Gasteiger partial charge in [-0.1, -0.05) is 42.9 Å². The second-order valence-corrected chi connectivity index (χ2v) is 11.2. The van der Waals surface area contributed by atoms with Crippen LogP contribution in [0.3, 0.4) is 0 Å². The van der Waals surface area contributed by atoms with Crippen molar-refractivity contribution in [3.05, 3.63) is 58.8 Å². The number of hydrogen-bond acceptors (Lipinski definition) is 6. The molecule has 0 unspecified atom stereocenters. The molecular weight excluding hydrogens is 523 g/mol. The van der Waals surface area contributed by atoms with Gasteiger partial charge in [-0.15, -0.1) is 0 Å². The van der Waals surface area contributed by atoms with E-state index in [-0.39, 0.29) is 23.7 Å². The van der Waals surface area contributed by atoms with Crippen molar-refractivity contribution in [3.8, 4) is 11.5 Å². The van der Waals surface area contributed by atoms with Gasteiger partial charge in [-0.3, -0.25) is 14.5 Å². The zero-order chi connectivity index (χ0) is 26.9. The Hall–Kier alpha value is -2.91. The Kier molecular flexibility index (Phi) is 10.2. The molecule has 1 aliphatic carbocycles. The topological polar surface area (TPSA) is 67.9 Å². The first-order valence-corrected chi connectivity index (χ1v) is 14.3. The third kappa shape index (κ3) is 7.80. The molecule has 2 amide bonds. The summed E-state index contributed by atoms with van der Waals surface area (Å²) in [5, 5.41) is 2.76. The van der Waals surface area contributed by atoms with Crippen molar-refractivity contribution in [2.45, 2.75) is 63.9 Å². The van der Waals surface area contributed by atoms with Gasteiger partial charge in [-0.2, -0.15) is 0 Å². The molecule has 202 valence electrons. The first-order valence-electron chi connectivity index (χ1n) is 13.1. The van der Waals surface area contributed by atoms with E-state index in [9.17, 15) is 14.0 Å². The number of unbranched alkanes of at least 4 members (excludes halogenated alkanes) is 2. The molecule has 2 aliphatic rings. The number of hydrogen-bond donors (Lipinski definition) is 1. The highest BCUT2D eigenvalue weighted by Crippen LogP contribution is 2.36. The summed E-state index contributed by atoms with van der Waals surface area (Å²) < 4.78 is 25.3. The van der Waals surface area contributed by atoms with Crippen LogP contribution in [0.15, 0.2) is 47.4 Å². The van der Waals surface area contributed by atoms with Crippen molar-refractivity contribution >= 4 is 51.9 Å². The molecule has 0 bridgehead atoms. The molecule has 4 rings (SSSR count). The van der Waals surface area contributed by atoms with Gasteiger partial charge in [0.15, 0.2) is 11.5 Å². The summed E-state index contributed by atoms with van der Waals surface area (Å²) >= 11 is 6.76. The number of rotatable bonds is 11. The zero-order valence-corrected chi connectivity index (χ0v) is 23.2. The van der Waals surface area contributed by atoms with Crippen LogP contribution < -0.4 is 14.8 Å². The zero-order valence-electron chi connectivity index (χ0n) is 21.5. The standard InChI is InChI=1S/C29H33FN2O4S2/c1-35-25-18-20(11-16-24(25)36-23-8-4-2-5-9-23)19-26-28(34)32(29(37)38-26)17-7-3-6-10-27(33)31-22-14-12-21(30)13-15-22/h11-16,18-19,23H,2-10,17H2,1H3,(H,31,33)/b26-19-. The molecular formula is C29H33FN2O4S2. The predicted octanol–water partition coefficient (Wildman–Crippen LogP) is 6.95. The van der Waals surface area contributed by atoms with E-state index in [1.807, 2.05) is 24.3 Å². The van der Waals surface area contributed by atoms with Crippen molar-refractivity contribution in [3.63, 3.8) is 0 Å². The number of ether oxygens (including phenoxy) is 2. The average molecular weight is 557 g/mol. The van der Waals surface area contributed by atoms with Crippen LogP contribution in [0, 0.1) is 5.82 Å². The van der Waals surface area contributed by atoms with E-state index in [0.29, 0.717) is 40.0 Å². The Morgan fingerprint density at radius 1 is 1.11 bits per heavy atom. The summed E-state index contributed by atoms with van der Waals surface area (Å²) in [7, 11) is 1.62. The molecule has 0 aromatic heterocycles. The molecule has 1 N–H and O–H groups in total. The fourth-order valence-electron chi connectivity index (χ4n) is 4.57. The number of halogens is 1. The number of amides is 2. The normalized spacial score (nSPS) is 17.2. The Bertz CT molecular complexity index is 1180. The van der Waals surface area contributed by atoms with E-state index in [0.717, 1.165) is 37.0 Å². The number of carbonyl (C=O) groups is 2. The van der Waals surface area contributed by atoms with Crippen molar-refractivity contribution in [1.29, 1.82) is 0 Å². The highest BCUT2D eigenvalue weighted by molar-refractivity contribution is 8.26. The van der Waals surface area contributed by atoms with Crippen molar-refractivity contribution in [1.82, 2.24) is 4.90 Å². The maximum atomic E-state index is 13.0. The Morgan fingerprint density at radius 2 is 1.87 bits per heavy atom. The van der Waals surface area contributed by atoms with Gasteiger partial charge in [0.05, 0.1) is 18.1 Å². The van der Waals surface area contributed by atoms with E-state index >= 15 is 0 Å². The van der Waals surface area contributed by atoms with Crippen molar-refractivity contribution < 1.29 is 23.5 Å². The van der Waals surface area contributed by atoms with E-state index in [1.165, 1.54) is 55.3 Å². The smallest absolute Gasteiger partial charge is 0.266 e. The van der Waals surface area contributed by atoms with Crippen molar-refractivity contribution in [2.75, 3.05) is 19.0 Å². The molecule has 2 aromatic rings. The SMILES string of the molecule is COc1cc(/C=C2\SC(=S)N(CCCCCC(=O)Nc3ccc(F)cc3)C2=O)ccc1OC1CCCCC1. The second-order valence-electron chi connectivity index (χ2n) is 9.49. The summed E-state index contributed by atoms with van der Waals surface area (Å²) in [5.74, 6) is 0.829. The lowest BCUT2D eigenvalue weighted by Gasteiger charge is -2.24.